The summed E-state index contributed by atoms with van der Waals surface area (Å²) in [7, 11) is 1.55. The third-order valence-corrected chi connectivity index (χ3v) is 4.48. The number of carbonyl (C=O) groups is 1. The summed E-state index contributed by atoms with van der Waals surface area (Å²) in [5.41, 5.74) is 2.75. The highest BCUT2D eigenvalue weighted by Crippen LogP contribution is 2.38. The predicted octanol–water partition coefficient (Wildman–Crippen LogP) is 3.53. The summed E-state index contributed by atoms with van der Waals surface area (Å²) in [5, 5.41) is 6.65. The molecule has 26 heavy (non-hydrogen) atoms. The number of pyridine rings is 1. The summed E-state index contributed by atoms with van der Waals surface area (Å²) in [4.78, 5) is 16.6. The molecule has 8 heteroatoms. The number of alkyl halides is 1. The van der Waals surface area contributed by atoms with Gasteiger partial charge in [-0.25, -0.2) is 9.67 Å². The Morgan fingerprint density at radius 1 is 1.50 bits per heavy atom. The SMILES string of the molecule is COc1nc(C)cc(NC(=O)C(C)Cl)c1-c1ccnn1C1CCCCO1. The zero-order valence-corrected chi connectivity index (χ0v) is 15.9. The normalized spacial score (nSPS) is 18.4. The Hall–Kier alpha value is -2.12. The first-order valence-electron chi connectivity index (χ1n) is 8.67. The van der Waals surface area contributed by atoms with E-state index in [1.807, 2.05) is 17.7 Å². The van der Waals surface area contributed by atoms with Gasteiger partial charge in [0.25, 0.3) is 0 Å². The Labute approximate surface area is 157 Å². The van der Waals surface area contributed by atoms with Gasteiger partial charge in [0.05, 0.1) is 24.1 Å². The summed E-state index contributed by atoms with van der Waals surface area (Å²) in [6.45, 7) is 4.18. The number of methoxy groups -OCH3 is 1. The van der Waals surface area contributed by atoms with Crippen molar-refractivity contribution in [3.63, 3.8) is 0 Å². The lowest BCUT2D eigenvalue weighted by Gasteiger charge is -2.25. The minimum Gasteiger partial charge on any atom is -0.480 e. The highest BCUT2D eigenvalue weighted by molar-refractivity contribution is 6.32. The van der Waals surface area contributed by atoms with Gasteiger partial charge in [0.2, 0.25) is 11.8 Å². The zero-order valence-electron chi connectivity index (χ0n) is 15.2. The average Bonchev–Trinajstić information content (AvgIpc) is 3.11. The number of hydrogen-bond donors (Lipinski definition) is 1. The van der Waals surface area contributed by atoms with E-state index in [1.165, 1.54) is 0 Å². The van der Waals surface area contributed by atoms with Crippen molar-refractivity contribution in [2.75, 3.05) is 19.0 Å². The smallest absolute Gasteiger partial charge is 0.242 e. The number of rotatable bonds is 5. The molecule has 0 aromatic carbocycles. The van der Waals surface area contributed by atoms with Crippen molar-refractivity contribution < 1.29 is 14.3 Å². The van der Waals surface area contributed by atoms with Crippen LogP contribution in [0.4, 0.5) is 5.69 Å². The van der Waals surface area contributed by atoms with Gasteiger partial charge in [-0.3, -0.25) is 4.79 Å². The number of aromatic nitrogens is 3. The number of aryl methyl sites for hydroxylation is 1. The van der Waals surface area contributed by atoms with Crippen LogP contribution < -0.4 is 10.1 Å². The van der Waals surface area contributed by atoms with Crippen molar-refractivity contribution in [3.05, 3.63) is 24.0 Å². The van der Waals surface area contributed by atoms with Gasteiger partial charge in [0, 0.05) is 18.5 Å². The largest absolute Gasteiger partial charge is 0.480 e. The number of hydrogen-bond acceptors (Lipinski definition) is 5. The highest BCUT2D eigenvalue weighted by atomic mass is 35.5. The Bertz CT molecular complexity index is 785. The van der Waals surface area contributed by atoms with E-state index in [4.69, 9.17) is 21.1 Å². The molecule has 0 aliphatic carbocycles. The number of amides is 1. The molecule has 0 spiro atoms. The summed E-state index contributed by atoms with van der Waals surface area (Å²) in [6.07, 6.45) is 4.59. The zero-order chi connectivity index (χ0) is 18.7. The fraction of sp³-hybridized carbons (Fsp3) is 0.500. The molecular weight excluding hydrogens is 356 g/mol. The van der Waals surface area contributed by atoms with Gasteiger partial charge >= 0.3 is 0 Å². The van der Waals surface area contributed by atoms with Crippen LogP contribution in [0.15, 0.2) is 18.3 Å². The van der Waals surface area contributed by atoms with Gasteiger partial charge in [-0.1, -0.05) is 0 Å². The van der Waals surface area contributed by atoms with Crippen molar-refractivity contribution in [2.45, 2.75) is 44.7 Å². The van der Waals surface area contributed by atoms with E-state index in [9.17, 15) is 4.79 Å². The Balaban J connectivity index is 2.09. The van der Waals surface area contributed by atoms with Crippen LogP contribution in [0.1, 0.15) is 38.1 Å². The van der Waals surface area contributed by atoms with Gasteiger partial charge in [-0.15, -0.1) is 11.6 Å². The fourth-order valence-electron chi connectivity index (χ4n) is 3.03. The molecule has 1 aliphatic rings. The second-order valence-corrected chi connectivity index (χ2v) is 6.94. The Morgan fingerprint density at radius 3 is 2.96 bits per heavy atom. The van der Waals surface area contributed by atoms with E-state index < -0.39 is 5.38 Å². The second-order valence-electron chi connectivity index (χ2n) is 6.28. The third kappa shape index (κ3) is 3.83. The maximum atomic E-state index is 12.2. The minimum absolute atomic E-state index is 0.143. The molecule has 0 bridgehead atoms. The van der Waals surface area contributed by atoms with Crippen LogP contribution in [0.2, 0.25) is 0 Å². The van der Waals surface area contributed by atoms with E-state index in [-0.39, 0.29) is 12.1 Å². The summed E-state index contributed by atoms with van der Waals surface area (Å²) in [6, 6.07) is 3.67. The molecule has 2 aromatic heterocycles. The lowest BCUT2D eigenvalue weighted by molar-refractivity contribution is -0.115. The topological polar surface area (TPSA) is 78.3 Å². The van der Waals surface area contributed by atoms with Crippen molar-refractivity contribution in [1.82, 2.24) is 14.8 Å². The van der Waals surface area contributed by atoms with Crippen molar-refractivity contribution in [2.24, 2.45) is 0 Å². The van der Waals surface area contributed by atoms with Gasteiger partial charge in [0.1, 0.15) is 5.38 Å². The number of anilines is 1. The molecule has 7 nitrogen and oxygen atoms in total. The molecule has 1 fully saturated rings. The molecule has 3 rings (SSSR count). The first kappa shape index (κ1) is 18.7. The third-order valence-electron chi connectivity index (χ3n) is 4.28. The summed E-state index contributed by atoms with van der Waals surface area (Å²) in [5.74, 6) is 0.126. The minimum atomic E-state index is -0.658. The molecule has 3 heterocycles. The van der Waals surface area contributed by atoms with Crippen LogP contribution in [0, 0.1) is 6.92 Å². The van der Waals surface area contributed by atoms with Crippen LogP contribution in [0.5, 0.6) is 5.88 Å². The van der Waals surface area contributed by atoms with Crippen molar-refractivity contribution >= 4 is 23.2 Å². The molecule has 0 saturated carbocycles. The number of nitrogens with one attached hydrogen (secondary N) is 1. The Morgan fingerprint density at radius 2 is 2.31 bits per heavy atom. The molecule has 2 aromatic rings. The van der Waals surface area contributed by atoms with E-state index in [0.29, 0.717) is 23.7 Å². The van der Waals surface area contributed by atoms with E-state index >= 15 is 0 Å². The molecule has 140 valence electrons. The number of ether oxygens (including phenoxy) is 2. The fourth-order valence-corrected chi connectivity index (χ4v) is 3.08. The second kappa shape index (κ2) is 8.05. The number of halogens is 1. The first-order chi connectivity index (χ1) is 12.5. The highest BCUT2D eigenvalue weighted by Gasteiger charge is 2.25. The average molecular weight is 379 g/mol. The van der Waals surface area contributed by atoms with E-state index in [0.717, 1.165) is 30.7 Å². The molecule has 1 saturated heterocycles. The van der Waals surface area contributed by atoms with Crippen molar-refractivity contribution in [3.8, 4) is 17.1 Å². The summed E-state index contributed by atoms with van der Waals surface area (Å²) >= 11 is 5.93. The van der Waals surface area contributed by atoms with Crippen LogP contribution in [0.25, 0.3) is 11.3 Å². The first-order valence-corrected chi connectivity index (χ1v) is 9.11. The molecule has 1 amide bonds. The van der Waals surface area contributed by atoms with Crippen LogP contribution in [0.3, 0.4) is 0 Å². The van der Waals surface area contributed by atoms with Gasteiger partial charge in [-0.2, -0.15) is 5.10 Å². The maximum Gasteiger partial charge on any atom is 0.242 e. The maximum absolute atomic E-state index is 12.2. The molecular formula is C18H23ClN4O3. The lowest BCUT2D eigenvalue weighted by atomic mass is 10.1. The quantitative estimate of drug-likeness (QED) is 0.805. The van der Waals surface area contributed by atoms with Crippen LogP contribution in [-0.4, -0.2) is 39.8 Å². The van der Waals surface area contributed by atoms with E-state index in [1.54, 1.807) is 26.3 Å². The van der Waals surface area contributed by atoms with E-state index in [2.05, 4.69) is 15.4 Å². The van der Waals surface area contributed by atoms with Crippen LogP contribution >= 0.6 is 11.6 Å². The molecule has 1 N–H and O–H groups in total. The predicted molar refractivity (Wildman–Crippen MR) is 99.5 cm³/mol. The monoisotopic (exact) mass is 378 g/mol. The van der Waals surface area contributed by atoms with Gasteiger partial charge in [-0.05, 0) is 45.2 Å². The number of carbonyl (C=O) groups excluding carboxylic acids is 1. The molecule has 0 radical (unpaired) electrons. The standard InChI is InChI=1S/C18H23ClN4O3/c1-11-10-13(22-17(24)12(2)19)16(18(21-11)25-3)14-7-8-20-23(14)15-6-4-5-9-26-15/h7-8,10,12,15H,4-6,9H2,1-3H3,(H,21,22,24). The summed E-state index contributed by atoms with van der Waals surface area (Å²) < 4.78 is 13.2. The molecule has 2 unspecified atom stereocenters. The number of nitrogens with zero attached hydrogens (tertiary/aromatic N) is 3. The van der Waals surface area contributed by atoms with Crippen molar-refractivity contribution in [1.29, 1.82) is 0 Å². The van der Waals surface area contributed by atoms with Gasteiger partial charge in [0.15, 0.2) is 6.23 Å². The lowest BCUT2D eigenvalue weighted by Crippen LogP contribution is -2.22. The van der Waals surface area contributed by atoms with Crippen LogP contribution in [-0.2, 0) is 9.53 Å². The Kier molecular flexibility index (Phi) is 5.78. The molecule has 2 atom stereocenters. The molecule has 1 aliphatic heterocycles. The van der Waals surface area contributed by atoms with Gasteiger partial charge < -0.3 is 14.8 Å².